The average molecular weight is 1900 g/mol. The molecule has 0 aliphatic carbocycles. The van der Waals surface area contributed by atoms with Crippen molar-refractivity contribution in [2.24, 2.45) is 0 Å². The van der Waals surface area contributed by atoms with Gasteiger partial charge >= 0.3 is 0 Å². The highest BCUT2D eigenvalue weighted by Gasteiger charge is 2.48. The standard InChI is InChI=1S/C138H154BN5/c1-127(2,3)84-51-49-83(50-52-84)100-74-91(134(22,23)24)77-108(101-69-85(128(4,5)6)54-62-110(101)137(31,32)33)125(100)143-120-79-93(140-116-65-55-86(129(7,8)9)70-102(116)103-71-87(130(10,11)12)56-66-117(103)140)59-63-112(120)139-113-64-60-94(141-118-67-57-88(131(13,14)15)72-104(118)105-73-89(132(16,17)18)58-68-119(105)141)80-121(113)144(123-82-95(81-122(143)124(123)139)142-114-47-41-38-44-98(114)99-45-39-42-48-115(99)142)126-106(96-43-37-40-46-109(96)136(28,29)30)75-92(135(25,26)27)76-107(126)97-61-53-90(133(19,20)21)78-111(97)138(34,35)36/h37-82H,1-36H3/i38D,39D,41D,42D,44D,45D,47D,48D. The molecule has 18 aromatic rings. The molecular formula is C138H154BN5. The van der Waals surface area contributed by atoms with Gasteiger partial charge in [-0.05, 0) is 292 Å². The molecule has 2 aliphatic rings. The molecular weight excluding hydrogens is 1740 g/mol. The molecule has 734 valence electrons. The van der Waals surface area contributed by atoms with Crippen molar-refractivity contribution in [2.75, 3.05) is 9.80 Å². The van der Waals surface area contributed by atoms with Crippen LogP contribution in [-0.4, -0.2) is 20.4 Å². The van der Waals surface area contributed by atoms with E-state index in [9.17, 15) is 11.0 Å². The molecule has 0 fully saturated rings. The van der Waals surface area contributed by atoms with Gasteiger partial charge in [0, 0.05) is 88.7 Å². The van der Waals surface area contributed by atoms with Crippen LogP contribution in [0, 0.1) is 0 Å². The Morgan fingerprint density at radius 3 is 0.889 bits per heavy atom. The van der Waals surface area contributed by atoms with Crippen LogP contribution in [0.4, 0.5) is 34.1 Å². The topological polar surface area (TPSA) is 21.3 Å². The monoisotopic (exact) mass is 1900 g/mol. The van der Waals surface area contributed by atoms with Crippen molar-refractivity contribution in [3.8, 4) is 61.6 Å². The molecule has 0 atom stereocenters. The highest BCUT2D eigenvalue weighted by molar-refractivity contribution is 7.00. The summed E-state index contributed by atoms with van der Waals surface area (Å²) in [6, 6.07) is 86.7. The predicted octanol–water partition coefficient (Wildman–Crippen LogP) is 37.3. The second-order valence-corrected chi connectivity index (χ2v) is 54.4. The van der Waals surface area contributed by atoms with Crippen molar-refractivity contribution >= 4 is 123 Å². The van der Waals surface area contributed by atoms with Crippen molar-refractivity contribution < 1.29 is 11.0 Å². The van der Waals surface area contributed by atoms with Crippen LogP contribution in [0.25, 0.3) is 127 Å². The van der Waals surface area contributed by atoms with Crippen LogP contribution in [0.2, 0.25) is 0 Å². The lowest BCUT2D eigenvalue weighted by molar-refractivity contribution is 0.569. The summed E-state index contributed by atoms with van der Waals surface area (Å²) < 4.78 is 89.0. The minimum Gasteiger partial charge on any atom is -0.310 e. The molecule has 20 rings (SSSR count). The van der Waals surface area contributed by atoms with E-state index in [0.29, 0.717) is 5.69 Å². The van der Waals surface area contributed by atoms with Crippen LogP contribution >= 0.6 is 0 Å². The second-order valence-electron chi connectivity index (χ2n) is 54.4. The Bertz CT molecular complexity index is 8590. The highest BCUT2D eigenvalue weighted by Crippen LogP contribution is 2.59. The predicted molar refractivity (Wildman–Crippen MR) is 630 cm³/mol. The van der Waals surface area contributed by atoms with Crippen molar-refractivity contribution in [2.45, 2.75) is 314 Å². The quantitative estimate of drug-likeness (QED) is 0.134. The fraction of sp³-hybridized carbons (Fsp3) is 0.348. The highest BCUT2D eigenvalue weighted by atomic mass is 15.2. The van der Waals surface area contributed by atoms with Gasteiger partial charge in [-0.15, -0.1) is 0 Å². The van der Waals surface area contributed by atoms with E-state index in [0.717, 1.165) is 183 Å². The number of fused-ring (bicyclic) bond motifs is 13. The molecule has 0 amide bonds. The Hall–Kier alpha value is -12.6. The van der Waals surface area contributed by atoms with E-state index in [4.69, 9.17) is 0 Å². The van der Waals surface area contributed by atoms with Gasteiger partial charge in [-0.2, -0.15) is 0 Å². The number of aromatic nitrogens is 3. The van der Waals surface area contributed by atoms with Crippen LogP contribution in [0.5, 0.6) is 0 Å². The zero-order valence-corrected chi connectivity index (χ0v) is 92.8. The first-order chi connectivity index (χ1) is 70.3. The first-order valence-corrected chi connectivity index (χ1v) is 52.5. The summed E-state index contributed by atoms with van der Waals surface area (Å²) in [6.45, 7) is 82.8. The maximum atomic E-state index is 10.8. The summed E-state index contributed by atoms with van der Waals surface area (Å²) in [6.07, 6.45) is 0. The maximum Gasteiger partial charge on any atom is 0.252 e. The van der Waals surface area contributed by atoms with E-state index in [1.165, 1.54) is 33.4 Å². The summed E-state index contributed by atoms with van der Waals surface area (Å²) >= 11 is 0. The van der Waals surface area contributed by atoms with Gasteiger partial charge < -0.3 is 23.5 Å². The van der Waals surface area contributed by atoms with Crippen molar-refractivity contribution in [1.29, 1.82) is 0 Å². The molecule has 3 aromatic heterocycles. The van der Waals surface area contributed by atoms with Gasteiger partial charge in [-0.1, -0.05) is 407 Å². The summed E-state index contributed by atoms with van der Waals surface area (Å²) in [5, 5.41) is 4.55. The summed E-state index contributed by atoms with van der Waals surface area (Å²) in [5.74, 6) is 0. The second kappa shape index (κ2) is 33.5. The number of para-hydroxylation sites is 2. The van der Waals surface area contributed by atoms with Crippen LogP contribution in [0.15, 0.2) is 279 Å². The van der Waals surface area contributed by atoms with E-state index in [-0.39, 0.29) is 59.7 Å². The Balaban J connectivity index is 1.10. The van der Waals surface area contributed by atoms with Crippen molar-refractivity contribution in [3.05, 3.63) is 346 Å². The lowest BCUT2D eigenvalue weighted by atomic mass is 9.33. The Kier molecular flexibility index (Phi) is 20.7. The number of benzene rings is 15. The van der Waals surface area contributed by atoms with Crippen LogP contribution in [0.1, 0.15) is 327 Å². The zero-order chi connectivity index (χ0) is 110. The Morgan fingerprint density at radius 2 is 0.500 bits per heavy atom. The minimum absolute atomic E-state index is 0.00965. The van der Waals surface area contributed by atoms with Gasteiger partial charge in [0.2, 0.25) is 0 Å². The number of anilines is 6. The largest absolute Gasteiger partial charge is 0.310 e. The molecule has 144 heavy (non-hydrogen) atoms. The normalized spacial score (nSPS) is 14.7. The average Bonchev–Trinajstić information content (AvgIpc) is 0.783. The fourth-order valence-corrected chi connectivity index (χ4v) is 22.7. The van der Waals surface area contributed by atoms with Crippen molar-refractivity contribution in [1.82, 2.24) is 13.7 Å². The van der Waals surface area contributed by atoms with E-state index in [1.807, 2.05) is 0 Å². The smallest absolute Gasteiger partial charge is 0.252 e. The van der Waals surface area contributed by atoms with Crippen LogP contribution < -0.4 is 26.2 Å². The third-order valence-electron chi connectivity index (χ3n) is 31.3. The van der Waals surface area contributed by atoms with Gasteiger partial charge in [0.25, 0.3) is 6.71 Å². The Morgan fingerprint density at radius 1 is 0.201 bits per heavy atom. The van der Waals surface area contributed by atoms with E-state index in [1.54, 1.807) is 4.57 Å². The van der Waals surface area contributed by atoms with E-state index >= 15 is 0 Å². The van der Waals surface area contributed by atoms with Gasteiger partial charge in [0.1, 0.15) is 0 Å². The molecule has 5 nitrogen and oxygen atoms in total. The zero-order valence-electron chi connectivity index (χ0n) is 101. The number of rotatable bonds is 9. The van der Waals surface area contributed by atoms with Gasteiger partial charge in [0.15, 0.2) is 0 Å². The number of hydrogen-bond donors (Lipinski definition) is 0. The fourth-order valence-electron chi connectivity index (χ4n) is 22.7. The maximum absolute atomic E-state index is 10.8. The lowest BCUT2D eigenvalue weighted by Crippen LogP contribution is -2.61. The summed E-state index contributed by atoms with van der Waals surface area (Å²) in [5.41, 5.74) is 32.7. The molecule has 0 bridgehead atoms. The minimum atomic E-state index is -0.661. The molecule has 0 saturated carbocycles. The molecule has 6 heteroatoms. The Labute approximate surface area is 872 Å². The third kappa shape index (κ3) is 17.0. The van der Waals surface area contributed by atoms with Gasteiger partial charge in [-0.3, -0.25) is 0 Å². The van der Waals surface area contributed by atoms with E-state index in [2.05, 4.69) is 499 Å². The molecule has 0 unspecified atom stereocenters. The number of nitrogens with zero attached hydrogens (tertiary/aromatic N) is 5. The lowest BCUT2D eigenvalue weighted by Gasteiger charge is -2.46. The first-order valence-electron chi connectivity index (χ1n) is 56.5. The SMILES string of the molecule is [2H]c1c([2H])c([2H])c2c(c1[2H])c1c([2H])c([2H])c([2H])c([2H])c1n2-c1cc2c3c(c1)N(c1c(-c4ccccc4C(C)(C)C)cc(C(C)(C)C)cc1-c1ccc(C(C)(C)C)cc1C(C)(C)C)c1cc(-n4c5ccc(C(C)(C)C)cc5c5cc(C(C)(C)C)ccc54)ccc1B3c1ccc(-n3c4ccc(C(C)(C)C)cc4c4cc(C(C)(C)C)ccc43)cc1N2c1c(-c2ccc(C(C)(C)C)cc2)cc(C(C)(C)C)cc1-c1cc(C(C)(C)C)ccc1C(C)(C)C. The molecule has 5 heterocycles. The summed E-state index contributed by atoms with van der Waals surface area (Å²) in [4.78, 5) is 5.23. The first kappa shape index (κ1) is 89.0. The summed E-state index contributed by atoms with van der Waals surface area (Å²) in [7, 11) is 0. The third-order valence-corrected chi connectivity index (χ3v) is 31.3. The van der Waals surface area contributed by atoms with Crippen LogP contribution in [0.3, 0.4) is 0 Å². The molecule has 0 radical (unpaired) electrons. The van der Waals surface area contributed by atoms with Gasteiger partial charge in [0.05, 0.1) is 61.1 Å². The van der Waals surface area contributed by atoms with Crippen molar-refractivity contribution in [3.63, 3.8) is 0 Å². The molecule has 0 N–H and O–H groups in total. The molecule has 15 aromatic carbocycles. The van der Waals surface area contributed by atoms with Crippen LogP contribution in [-0.2, 0) is 65.0 Å². The molecule has 0 saturated heterocycles. The molecule has 2 aliphatic heterocycles. The van der Waals surface area contributed by atoms with Gasteiger partial charge in [-0.25, -0.2) is 0 Å². The molecule has 0 spiro atoms. The number of hydrogen-bond acceptors (Lipinski definition) is 2. The van der Waals surface area contributed by atoms with E-state index < -0.39 is 82.1 Å².